The van der Waals surface area contributed by atoms with Gasteiger partial charge in [-0.25, -0.2) is 21.5 Å². The molecule has 2 amide bonds. The highest BCUT2D eigenvalue weighted by Gasteiger charge is 2.18. The normalized spacial score (nSPS) is 10.0. The number of urea groups is 1. The molecule has 0 fully saturated rings. The van der Waals surface area contributed by atoms with E-state index in [1.54, 1.807) is 12.1 Å². The topological polar surface area (TPSA) is 84.8 Å². The minimum absolute atomic E-state index is 0.488. The van der Waals surface area contributed by atoms with Gasteiger partial charge in [0, 0.05) is 12.6 Å². The third-order valence-electron chi connectivity index (χ3n) is 2.53. The highest BCUT2D eigenvalue weighted by Crippen LogP contribution is 2.28. The predicted molar refractivity (Wildman–Crippen MR) is 73.9 cm³/mol. The van der Waals surface area contributed by atoms with Crippen molar-refractivity contribution in [1.29, 1.82) is 0 Å². The zero-order valence-electron chi connectivity index (χ0n) is 11.0. The summed E-state index contributed by atoms with van der Waals surface area (Å²) in [5.41, 5.74) is 1.49. The van der Waals surface area contributed by atoms with Crippen LogP contribution in [-0.2, 0) is 6.32 Å². The Bertz CT molecular complexity index is 426. The minimum Gasteiger partial charge on any atom is -0.494 e. The average molecular weight is 250 g/mol. The summed E-state index contributed by atoms with van der Waals surface area (Å²) in [6.45, 7) is 2.47. The molecular formula is C11H19BN4O2. The van der Waals surface area contributed by atoms with Gasteiger partial charge in [-0.1, -0.05) is 12.4 Å². The molecule has 18 heavy (non-hydrogen) atoms. The molecule has 0 atom stereocenters. The molecule has 98 valence electrons. The zero-order valence-corrected chi connectivity index (χ0v) is 11.0. The Morgan fingerprint density at radius 3 is 2.61 bits per heavy atom. The predicted octanol–water partition coefficient (Wildman–Crippen LogP) is -0.176. The first-order chi connectivity index (χ1) is 8.52. The molecule has 0 heterocycles. The second-order valence-corrected chi connectivity index (χ2v) is 3.80. The maximum absolute atomic E-state index is 11.7. The number of benzene rings is 1. The fraction of sp³-hybridized carbons (Fsp3) is 0.364. The number of anilines is 1. The lowest BCUT2D eigenvalue weighted by Gasteiger charge is -2.24. The summed E-state index contributed by atoms with van der Waals surface area (Å²) in [5.74, 6) is 11.9. The van der Waals surface area contributed by atoms with Crippen LogP contribution < -0.4 is 21.4 Å². The van der Waals surface area contributed by atoms with Gasteiger partial charge in [0.1, 0.15) is 13.6 Å². The van der Waals surface area contributed by atoms with Gasteiger partial charge in [-0.3, -0.25) is 5.01 Å². The lowest BCUT2D eigenvalue weighted by atomic mass is 9.94. The first-order valence-electron chi connectivity index (χ1n) is 5.84. The second kappa shape index (κ2) is 6.27. The van der Waals surface area contributed by atoms with Crippen LogP contribution in [0.25, 0.3) is 0 Å². The van der Waals surface area contributed by atoms with Gasteiger partial charge in [-0.05, 0) is 19.1 Å². The summed E-state index contributed by atoms with van der Waals surface area (Å²) in [7, 11) is 3.42. The monoisotopic (exact) mass is 250 g/mol. The molecular weight excluding hydrogens is 231 g/mol. The van der Waals surface area contributed by atoms with Gasteiger partial charge in [-0.2, -0.15) is 0 Å². The molecule has 0 spiro atoms. The van der Waals surface area contributed by atoms with Crippen molar-refractivity contribution in [2.75, 3.05) is 18.7 Å². The van der Waals surface area contributed by atoms with Crippen LogP contribution in [0, 0.1) is 0 Å². The Morgan fingerprint density at radius 1 is 1.44 bits per heavy atom. The number of ether oxygens (including phenoxy) is 1. The number of rotatable bonds is 4. The minimum atomic E-state index is -0.488. The number of amides is 2. The Balaban J connectivity index is 3.15. The third kappa shape index (κ3) is 2.94. The molecule has 0 aromatic heterocycles. The molecule has 1 rings (SSSR count). The summed E-state index contributed by atoms with van der Waals surface area (Å²) >= 11 is 0. The molecule has 0 bridgehead atoms. The Morgan fingerprint density at radius 2 is 2.11 bits per heavy atom. The summed E-state index contributed by atoms with van der Waals surface area (Å²) in [5, 5.41) is 1.97. The Labute approximate surface area is 108 Å². The molecule has 1 aromatic carbocycles. The van der Waals surface area contributed by atoms with Crippen LogP contribution in [-0.4, -0.2) is 32.5 Å². The van der Waals surface area contributed by atoms with Gasteiger partial charge in [0.05, 0.1) is 12.3 Å². The molecule has 0 unspecified atom stereocenters. The van der Waals surface area contributed by atoms with Crippen molar-refractivity contribution in [3.05, 3.63) is 23.8 Å². The number of hydrogen-bond donors (Lipinski definition) is 2. The second-order valence-electron chi connectivity index (χ2n) is 3.80. The van der Waals surface area contributed by atoms with E-state index in [0.717, 1.165) is 21.3 Å². The van der Waals surface area contributed by atoms with E-state index in [9.17, 15) is 4.79 Å². The molecule has 0 saturated carbocycles. The van der Waals surface area contributed by atoms with Gasteiger partial charge < -0.3 is 4.74 Å². The molecule has 1 aromatic rings. The van der Waals surface area contributed by atoms with Crippen LogP contribution >= 0.6 is 0 Å². The van der Waals surface area contributed by atoms with Crippen molar-refractivity contribution in [1.82, 2.24) is 5.01 Å². The fourth-order valence-electron chi connectivity index (χ4n) is 1.70. The largest absolute Gasteiger partial charge is 0.494 e. The summed E-state index contributed by atoms with van der Waals surface area (Å²) in [4.78, 5) is 11.7. The molecule has 6 nitrogen and oxygen atoms in total. The molecule has 0 aliphatic heterocycles. The number of nitrogens with zero attached hydrogens (tertiary/aromatic N) is 2. The van der Waals surface area contributed by atoms with E-state index < -0.39 is 6.03 Å². The van der Waals surface area contributed by atoms with Gasteiger partial charge in [0.25, 0.3) is 0 Å². The van der Waals surface area contributed by atoms with Gasteiger partial charge in [-0.15, -0.1) is 0 Å². The van der Waals surface area contributed by atoms with Crippen molar-refractivity contribution in [3.8, 4) is 5.75 Å². The van der Waals surface area contributed by atoms with E-state index in [-0.39, 0.29) is 0 Å². The van der Waals surface area contributed by atoms with Crippen LogP contribution in [0.5, 0.6) is 5.75 Å². The van der Waals surface area contributed by atoms with Crippen molar-refractivity contribution >= 4 is 19.6 Å². The lowest BCUT2D eigenvalue weighted by molar-refractivity contribution is 0.216. The number of carbonyl (C=O) groups is 1. The highest BCUT2D eigenvalue weighted by atomic mass is 16.5. The van der Waals surface area contributed by atoms with Gasteiger partial charge in [0.15, 0.2) is 0 Å². The van der Waals surface area contributed by atoms with E-state index in [4.69, 9.17) is 16.4 Å². The van der Waals surface area contributed by atoms with E-state index in [2.05, 4.69) is 0 Å². The molecule has 7 heteroatoms. The smallest absolute Gasteiger partial charge is 0.352 e. The van der Waals surface area contributed by atoms with Crippen molar-refractivity contribution in [2.24, 2.45) is 11.7 Å². The Hall–Kier alpha value is -1.73. The number of carbonyl (C=O) groups excluding carboxylic acids is 1. The molecule has 0 aliphatic rings. The van der Waals surface area contributed by atoms with Crippen molar-refractivity contribution < 1.29 is 9.53 Å². The van der Waals surface area contributed by atoms with E-state index in [0.29, 0.717) is 18.6 Å². The molecule has 4 N–H and O–H groups in total. The maximum Gasteiger partial charge on any atom is 0.352 e. The van der Waals surface area contributed by atoms with Gasteiger partial charge >= 0.3 is 6.03 Å². The SMILES string of the molecule is BCc1c(OCC)cccc1N(N)C(=O)N(C)N. The number of hydrazine groups is 2. The van der Waals surface area contributed by atoms with Crippen LogP contribution in [0.1, 0.15) is 12.5 Å². The van der Waals surface area contributed by atoms with Crippen LogP contribution in [0.4, 0.5) is 10.5 Å². The zero-order chi connectivity index (χ0) is 13.7. The van der Waals surface area contributed by atoms with Gasteiger partial charge in [0.2, 0.25) is 0 Å². The number of hydrogen-bond acceptors (Lipinski definition) is 4. The average Bonchev–Trinajstić information content (AvgIpc) is 2.37. The van der Waals surface area contributed by atoms with Crippen LogP contribution in [0.15, 0.2) is 18.2 Å². The van der Waals surface area contributed by atoms with Crippen LogP contribution in [0.2, 0.25) is 0 Å². The Kier molecular flexibility index (Phi) is 5.00. The van der Waals surface area contributed by atoms with E-state index in [1.807, 2.05) is 20.8 Å². The standard InChI is InChI=1S/C11H19BN4O2/c1-3-18-10-6-4-5-9(8(10)7-12)16(14)11(17)15(2)13/h4-6H,3,7,12-14H2,1-2H3. The summed E-state index contributed by atoms with van der Waals surface area (Å²) < 4.78 is 5.52. The fourth-order valence-corrected chi connectivity index (χ4v) is 1.70. The lowest BCUT2D eigenvalue weighted by Crippen LogP contribution is -2.49. The van der Waals surface area contributed by atoms with E-state index in [1.165, 1.54) is 7.05 Å². The highest BCUT2D eigenvalue weighted by molar-refractivity contribution is 6.09. The van der Waals surface area contributed by atoms with Crippen LogP contribution in [0.3, 0.4) is 0 Å². The molecule has 0 aliphatic carbocycles. The summed E-state index contributed by atoms with van der Waals surface area (Å²) in [6, 6.07) is 4.93. The molecule has 0 radical (unpaired) electrons. The number of nitrogens with two attached hydrogens (primary N) is 2. The first-order valence-corrected chi connectivity index (χ1v) is 5.84. The third-order valence-corrected chi connectivity index (χ3v) is 2.53. The molecule has 0 saturated heterocycles. The van der Waals surface area contributed by atoms with Crippen molar-refractivity contribution in [3.63, 3.8) is 0 Å². The van der Waals surface area contributed by atoms with E-state index >= 15 is 0 Å². The summed E-state index contributed by atoms with van der Waals surface area (Å²) in [6.07, 6.45) is 0.709. The van der Waals surface area contributed by atoms with Crippen molar-refractivity contribution in [2.45, 2.75) is 13.2 Å². The quantitative estimate of drug-likeness (QED) is 0.336. The first kappa shape index (κ1) is 14.3. The maximum atomic E-state index is 11.7.